The number of amides is 1. The van der Waals surface area contributed by atoms with Crippen LogP contribution in [0.3, 0.4) is 0 Å². The van der Waals surface area contributed by atoms with Crippen LogP contribution in [0, 0.1) is 0 Å². The van der Waals surface area contributed by atoms with Crippen molar-refractivity contribution in [1.29, 1.82) is 0 Å². The lowest BCUT2D eigenvalue weighted by molar-refractivity contribution is 0.141. The molecule has 0 saturated carbocycles. The van der Waals surface area contributed by atoms with E-state index >= 15 is 0 Å². The van der Waals surface area contributed by atoms with Gasteiger partial charge in [-0.05, 0) is 6.92 Å². The molecule has 0 unspecified atom stereocenters. The summed E-state index contributed by atoms with van der Waals surface area (Å²) in [6, 6.07) is -0.0718. The van der Waals surface area contributed by atoms with E-state index in [1.807, 2.05) is 12.3 Å². The number of rotatable bonds is 1. The summed E-state index contributed by atoms with van der Waals surface area (Å²) >= 11 is 1.52. The number of carbonyl (C=O) groups is 1. The molecule has 1 fully saturated rings. The molecule has 1 amide bonds. The summed E-state index contributed by atoms with van der Waals surface area (Å²) in [5.74, 6) is 0. The molecule has 1 aromatic rings. The minimum absolute atomic E-state index is 0.0718. The Bertz CT molecular complexity index is 286. The Balaban J connectivity index is 2.20. The van der Waals surface area contributed by atoms with Crippen LogP contribution < -0.4 is 5.32 Å². The first kappa shape index (κ1) is 7.54. The lowest BCUT2D eigenvalue weighted by atomic mass is 10.2. The van der Waals surface area contributed by atoms with Gasteiger partial charge in [0.15, 0.2) is 0 Å². The number of carbonyl (C=O) groups excluding carboxylic acids is 1. The van der Waals surface area contributed by atoms with Crippen molar-refractivity contribution in [3.8, 4) is 0 Å². The maximum atomic E-state index is 10.8. The highest BCUT2D eigenvalue weighted by atomic mass is 32.1. The first-order chi connectivity index (χ1) is 5.77. The number of ether oxygens (including phenoxy) is 1. The van der Waals surface area contributed by atoms with Gasteiger partial charge in [0.1, 0.15) is 17.2 Å². The number of hydrogen-bond donors (Lipinski definition) is 1. The molecule has 0 aliphatic carbocycles. The smallest absolute Gasteiger partial charge is 0.408 e. The minimum atomic E-state index is -0.359. The maximum Gasteiger partial charge on any atom is 0.408 e. The van der Waals surface area contributed by atoms with Crippen molar-refractivity contribution in [1.82, 2.24) is 10.3 Å². The van der Waals surface area contributed by atoms with E-state index in [-0.39, 0.29) is 18.2 Å². The first-order valence-electron chi connectivity index (χ1n) is 3.64. The second kappa shape index (κ2) is 2.75. The zero-order chi connectivity index (χ0) is 8.55. The van der Waals surface area contributed by atoms with E-state index in [0.29, 0.717) is 0 Å². The fraction of sp³-hybridized carbons (Fsp3) is 0.429. The Morgan fingerprint density at radius 3 is 3.08 bits per heavy atom. The summed E-state index contributed by atoms with van der Waals surface area (Å²) in [6.45, 7) is 1.85. The Morgan fingerprint density at radius 2 is 2.58 bits per heavy atom. The number of cyclic esters (lactones) is 1. The molecular formula is C7H8N2O2S. The lowest BCUT2D eigenvalue weighted by Crippen LogP contribution is -2.20. The number of thiazole rings is 1. The molecule has 2 heterocycles. The summed E-state index contributed by atoms with van der Waals surface area (Å²) < 4.78 is 4.91. The van der Waals surface area contributed by atoms with Gasteiger partial charge >= 0.3 is 6.09 Å². The van der Waals surface area contributed by atoms with Gasteiger partial charge in [0.05, 0.1) is 0 Å². The van der Waals surface area contributed by atoms with Crippen LogP contribution in [0.15, 0.2) is 11.6 Å². The van der Waals surface area contributed by atoms with Crippen molar-refractivity contribution >= 4 is 17.4 Å². The van der Waals surface area contributed by atoms with Crippen LogP contribution in [0.5, 0.6) is 0 Å². The minimum Gasteiger partial charge on any atom is -0.444 e. The molecule has 0 aromatic carbocycles. The number of alkyl carbamates (subject to hydrolysis) is 1. The van der Waals surface area contributed by atoms with E-state index in [1.165, 1.54) is 11.3 Å². The van der Waals surface area contributed by atoms with E-state index in [2.05, 4.69) is 10.3 Å². The normalized spacial score (nSPS) is 28.2. The van der Waals surface area contributed by atoms with E-state index < -0.39 is 0 Å². The van der Waals surface area contributed by atoms with E-state index in [4.69, 9.17) is 4.74 Å². The SMILES string of the molecule is C[C@@H]1OC(=O)N[C@H]1c1nccs1. The summed E-state index contributed by atoms with van der Waals surface area (Å²) in [5, 5.41) is 5.47. The fourth-order valence-corrected chi connectivity index (χ4v) is 1.95. The van der Waals surface area contributed by atoms with Crippen molar-refractivity contribution in [2.75, 3.05) is 0 Å². The Kier molecular flexibility index (Phi) is 1.73. The van der Waals surface area contributed by atoms with Gasteiger partial charge < -0.3 is 10.1 Å². The molecule has 12 heavy (non-hydrogen) atoms. The second-order valence-electron chi connectivity index (χ2n) is 2.60. The quantitative estimate of drug-likeness (QED) is 0.716. The predicted molar refractivity (Wildman–Crippen MR) is 43.9 cm³/mol. The third-order valence-electron chi connectivity index (χ3n) is 1.75. The van der Waals surface area contributed by atoms with Gasteiger partial charge in [-0.1, -0.05) is 0 Å². The highest BCUT2D eigenvalue weighted by Gasteiger charge is 2.33. The predicted octanol–water partition coefficient (Wildman–Crippen LogP) is 1.31. The summed E-state index contributed by atoms with van der Waals surface area (Å²) in [7, 11) is 0. The molecule has 2 atom stereocenters. The van der Waals surface area contributed by atoms with Crippen molar-refractivity contribution in [3.63, 3.8) is 0 Å². The number of hydrogen-bond acceptors (Lipinski definition) is 4. The Labute approximate surface area is 73.6 Å². The number of nitrogens with zero attached hydrogens (tertiary/aromatic N) is 1. The zero-order valence-electron chi connectivity index (χ0n) is 6.48. The molecule has 1 aromatic heterocycles. The number of nitrogens with one attached hydrogen (secondary N) is 1. The molecule has 0 bridgehead atoms. The largest absolute Gasteiger partial charge is 0.444 e. The highest BCUT2D eigenvalue weighted by molar-refractivity contribution is 7.09. The maximum absolute atomic E-state index is 10.8. The van der Waals surface area contributed by atoms with Crippen molar-refractivity contribution in [2.24, 2.45) is 0 Å². The Hall–Kier alpha value is -1.10. The summed E-state index contributed by atoms with van der Waals surface area (Å²) in [6.07, 6.45) is 1.24. The van der Waals surface area contributed by atoms with Crippen LogP contribution in [0.25, 0.3) is 0 Å². The first-order valence-corrected chi connectivity index (χ1v) is 4.52. The number of aromatic nitrogens is 1. The zero-order valence-corrected chi connectivity index (χ0v) is 7.30. The fourth-order valence-electron chi connectivity index (χ4n) is 1.17. The molecule has 1 N–H and O–H groups in total. The molecule has 0 radical (unpaired) electrons. The molecule has 1 aliphatic rings. The third-order valence-corrected chi connectivity index (χ3v) is 2.61. The molecule has 1 aliphatic heterocycles. The lowest BCUT2D eigenvalue weighted by Gasteiger charge is -2.07. The van der Waals surface area contributed by atoms with Crippen LogP contribution in [-0.2, 0) is 4.74 Å². The van der Waals surface area contributed by atoms with Crippen molar-refractivity contribution in [3.05, 3.63) is 16.6 Å². The van der Waals surface area contributed by atoms with Gasteiger partial charge in [-0.3, -0.25) is 0 Å². The molecule has 4 nitrogen and oxygen atoms in total. The summed E-state index contributed by atoms with van der Waals surface area (Å²) in [5.41, 5.74) is 0. The van der Waals surface area contributed by atoms with Gasteiger partial charge in [-0.15, -0.1) is 11.3 Å². The molecule has 1 saturated heterocycles. The van der Waals surface area contributed by atoms with Gasteiger partial charge in [0, 0.05) is 11.6 Å². The van der Waals surface area contributed by atoms with Gasteiger partial charge in [-0.2, -0.15) is 0 Å². The topological polar surface area (TPSA) is 51.2 Å². The standard InChI is InChI=1S/C7H8N2O2S/c1-4-5(9-7(10)11-4)6-8-2-3-12-6/h2-5H,1H3,(H,9,10)/t4-,5+/m0/s1. The van der Waals surface area contributed by atoms with Crippen LogP contribution in [0.4, 0.5) is 4.79 Å². The third kappa shape index (κ3) is 1.16. The second-order valence-corrected chi connectivity index (χ2v) is 3.53. The molecule has 2 rings (SSSR count). The van der Waals surface area contributed by atoms with Crippen LogP contribution in [0.2, 0.25) is 0 Å². The molecule has 0 spiro atoms. The van der Waals surface area contributed by atoms with Gasteiger partial charge in [0.2, 0.25) is 0 Å². The highest BCUT2D eigenvalue weighted by Crippen LogP contribution is 2.25. The van der Waals surface area contributed by atoms with Crippen LogP contribution >= 0.6 is 11.3 Å². The van der Waals surface area contributed by atoms with E-state index in [0.717, 1.165) is 5.01 Å². The van der Waals surface area contributed by atoms with Gasteiger partial charge in [-0.25, -0.2) is 9.78 Å². The molecular weight excluding hydrogens is 176 g/mol. The van der Waals surface area contributed by atoms with Crippen molar-refractivity contribution < 1.29 is 9.53 Å². The van der Waals surface area contributed by atoms with Crippen molar-refractivity contribution in [2.45, 2.75) is 19.1 Å². The van der Waals surface area contributed by atoms with E-state index in [1.54, 1.807) is 6.20 Å². The van der Waals surface area contributed by atoms with Crippen LogP contribution in [-0.4, -0.2) is 17.2 Å². The average Bonchev–Trinajstić information content (AvgIpc) is 2.58. The summed E-state index contributed by atoms with van der Waals surface area (Å²) in [4.78, 5) is 14.9. The monoisotopic (exact) mass is 184 g/mol. The van der Waals surface area contributed by atoms with E-state index in [9.17, 15) is 4.79 Å². The molecule has 5 heteroatoms. The van der Waals surface area contributed by atoms with Gasteiger partial charge in [0.25, 0.3) is 0 Å². The average molecular weight is 184 g/mol. The van der Waals surface area contributed by atoms with Crippen LogP contribution in [0.1, 0.15) is 18.0 Å². The molecule has 64 valence electrons. The Morgan fingerprint density at radius 1 is 1.75 bits per heavy atom.